The lowest BCUT2D eigenvalue weighted by Crippen LogP contribution is -2.37. The third-order valence-electron chi connectivity index (χ3n) is 4.44. The van der Waals surface area contributed by atoms with Gasteiger partial charge in [-0.05, 0) is 31.6 Å². The molecule has 0 unspecified atom stereocenters. The number of amides is 2. The van der Waals surface area contributed by atoms with Gasteiger partial charge in [-0.1, -0.05) is 19.3 Å². The summed E-state index contributed by atoms with van der Waals surface area (Å²) in [4.78, 5) is 25.9. The van der Waals surface area contributed by atoms with Crippen molar-refractivity contribution >= 4 is 11.8 Å². The maximum absolute atomic E-state index is 12.4. The Balaban J connectivity index is 1.77. The first-order valence-electron chi connectivity index (χ1n) is 6.56. The molecule has 0 aromatic heterocycles. The van der Waals surface area contributed by atoms with E-state index in [0.29, 0.717) is 18.9 Å². The van der Waals surface area contributed by atoms with Crippen LogP contribution in [0.1, 0.15) is 51.4 Å². The lowest BCUT2D eigenvalue weighted by atomic mass is 9.73. The monoisotopic (exact) mass is 221 g/mol. The molecule has 1 spiro atoms. The van der Waals surface area contributed by atoms with E-state index in [-0.39, 0.29) is 17.2 Å². The SMILES string of the molecule is O=C1CC2(CCCCC2)C(=O)N1CC1CC1. The summed E-state index contributed by atoms with van der Waals surface area (Å²) in [5, 5.41) is 0. The van der Waals surface area contributed by atoms with Gasteiger partial charge in [0.2, 0.25) is 11.8 Å². The number of hydrogen-bond acceptors (Lipinski definition) is 2. The standard InChI is InChI=1S/C13H19NO2/c15-11-8-13(6-2-1-3-7-13)12(16)14(11)9-10-4-5-10/h10H,1-9H2. The van der Waals surface area contributed by atoms with Gasteiger partial charge in [0.1, 0.15) is 0 Å². The Kier molecular flexibility index (Phi) is 2.30. The summed E-state index contributed by atoms with van der Waals surface area (Å²) in [6, 6.07) is 0. The molecule has 2 aliphatic carbocycles. The van der Waals surface area contributed by atoms with Gasteiger partial charge in [0, 0.05) is 13.0 Å². The van der Waals surface area contributed by atoms with E-state index in [4.69, 9.17) is 0 Å². The number of nitrogens with zero attached hydrogens (tertiary/aromatic N) is 1. The van der Waals surface area contributed by atoms with Gasteiger partial charge in [-0.2, -0.15) is 0 Å². The summed E-state index contributed by atoms with van der Waals surface area (Å²) >= 11 is 0. The smallest absolute Gasteiger partial charge is 0.235 e. The van der Waals surface area contributed by atoms with Crippen molar-refractivity contribution in [2.45, 2.75) is 51.4 Å². The number of imide groups is 1. The van der Waals surface area contributed by atoms with Gasteiger partial charge in [-0.25, -0.2) is 0 Å². The highest BCUT2D eigenvalue weighted by Crippen LogP contribution is 2.46. The first kappa shape index (κ1) is 10.3. The number of rotatable bonds is 2. The van der Waals surface area contributed by atoms with Gasteiger partial charge in [-0.15, -0.1) is 0 Å². The minimum atomic E-state index is -0.274. The lowest BCUT2D eigenvalue weighted by molar-refractivity contribution is -0.142. The van der Waals surface area contributed by atoms with Crippen LogP contribution in [-0.2, 0) is 9.59 Å². The van der Waals surface area contributed by atoms with Crippen molar-refractivity contribution in [3.63, 3.8) is 0 Å². The molecular formula is C13H19NO2. The summed E-state index contributed by atoms with van der Waals surface area (Å²) in [5.41, 5.74) is -0.274. The summed E-state index contributed by atoms with van der Waals surface area (Å²) in [5.74, 6) is 0.870. The topological polar surface area (TPSA) is 37.4 Å². The van der Waals surface area contributed by atoms with Crippen molar-refractivity contribution in [2.24, 2.45) is 11.3 Å². The van der Waals surface area contributed by atoms with Crippen LogP contribution < -0.4 is 0 Å². The molecule has 3 rings (SSSR count). The van der Waals surface area contributed by atoms with E-state index >= 15 is 0 Å². The zero-order valence-corrected chi connectivity index (χ0v) is 9.71. The predicted molar refractivity (Wildman–Crippen MR) is 59.6 cm³/mol. The molecule has 0 aromatic carbocycles. The van der Waals surface area contributed by atoms with E-state index in [1.54, 1.807) is 4.90 Å². The summed E-state index contributed by atoms with van der Waals surface area (Å²) < 4.78 is 0. The van der Waals surface area contributed by atoms with Gasteiger partial charge >= 0.3 is 0 Å². The fourth-order valence-electron chi connectivity index (χ4n) is 3.22. The predicted octanol–water partition coefficient (Wildman–Crippen LogP) is 2.11. The van der Waals surface area contributed by atoms with Crippen LogP contribution in [0.2, 0.25) is 0 Å². The van der Waals surface area contributed by atoms with E-state index in [1.165, 1.54) is 19.3 Å². The molecule has 3 fully saturated rings. The highest BCUT2D eigenvalue weighted by atomic mass is 16.2. The Morgan fingerprint density at radius 1 is 1.12 bits per heavy atom. The molecule has 2 amide bonds. The molecule has 3 nitrogen and oxygen atoms in total. The number of carbonyl (C=O) groups is 2. The zero-order chi connectivity index (χ0) is 11.2. The molecule has 3 heteroatoms. The third kappa shape index (κ3) is 1.57. The van der Waals surface area contributed by atoms with Crippen molar-refractivity contribution in [1.82, 2.24) is 4.90 Å². The molecule has 0 N–H and O–H groups in total. The second-order valence-electron chi connectivity index (χ2n) is 5.77. The highest BCUT2D eigenvalue weighted by Gasteiger charge is 2.52. The van der Waals surface area contributed by atoms with Crippen LogP contribution >= 0.6 is 0 Å². The number of carbonyl (C=O) groups excluding carboxylic acids is 2. The molecule has 0 radical (unpaired) electrons. The van der Waals surface area contributed by atoms with Crippen molar-refractivity contribution < 1.29 is 9.59 Å². The van der Waals surface area contributed by atoms with Crippen LogP contribution in [0.4, 0.5) is 0 Å². The van der Waals surface area contributed by atoms with Gasteiger partial charge in [-0.3, -0.25) is 14.5 Å². The molecule has 2 saturated carbocycles. The minimum absolute atomic E-state index is 0.0961. The maximum atomic E-state index is 12.4. The molecule has 0 aromatic rings. The van der Waals surface area contributed by atoms with E-state index < -0.39 is 0 Å². The van der Waals surface area contributed by atoms with E-state index in [0.717, 1.165) is 25.7 Å². The van der Waals surface area contributed by atoms with Gasteiger partial charge in [0.25, 0.3) is 0 Å². The number of hydrogen-bond donors (Lipinski definition) is 0. The molecule has 0 bridgehead atoms. The molecular weight excluding hydrogens is 202 g/mol. The minimum Gasteiger partial charge on any atom is -0.282 e. The van der Waals surface area contributed by atoms with Crippen molar-refractivity contribution in [3.05, 3.63) is 0 Å². The van der Waals surface area contributed by atoms with E-state index in [9.17, 15) is 9.59 Å². The molecule has 0 atom stereocenters. The highest BCUT2D eigenvalue weighted by molar-refractivity contribution is 6.05. The second kappa shape index (κ2) is 3.57. The zero-order valence-electron chi connectivity index (χ0n) is 9.71. The fraction of sp³-hybridized carbons (Fsp3) is 0.846. The van der Waals surface area contributed by atoms with Crippen molar-refractivity contribution in [1.29, 1.82) is 0 Å². The van der Waals surface area contributed by atoms with Gasteiger partial charge < -0.3 is 0 Å². The Hall–Kier alpha value is -0.860. The largest absolute Gasteiger partial charge is 0.282 e. The molecule has 16 heavy (non-hydrogen) atoms. The van der Waals surface area contributed by atoms with Crippen LogP contribution in [0.15, 0.2) is 0 Å². The van der Waals surface area contributed by atoms with Gasteiger partial charge in [0.05, 0.1) is 5.41 Å². The fourth-order valence-corrected chi connectivity index (χ4v) is 3.22. The van der Waals surface area contributed by atoms with E-state index in [2.05, 4.69) is 0 Å². The summed E-state index contributed by atoms with van der Waals surface area (Å²) in [7, 11) is 0. The normalized spacial score (nSPS) is 29.1. The molecule has 88 valence electrons. The summed E-state index contributed by atoms with van der Waals surface area (Å²) in [6.45, 7) is 0.708. The van der Waals surface area contributed by atoms with Crippen LogP contribution in [0.5, 0.6) is 0 Å². The van der Waals surface area contributed by atoms with Crippen molar-refractivity contribution in [3.8, 4) is 0 Å². The Bertz CT molecular complexity index is 327. The van der Waals surface area contributed by atoms with Crippen molar-refractivity contribution in [2.75, 3.05) is 6.54 Å². The quantitative estimate of drug-likeness (QED) is 0.670. The van der Waals surface area contributed by atoms with Crippen LogP contribution in [0, 0.1) is 11.3 Å². The molecule has 1 aliphatic heterocycles. The average Bonchev–Trinajstić information content (AvgIpc) is 3.06. The number of likely N-dealkylation sites (tertiary alicyclic amines) is 1. The first-order chi connectivity index (χ1) is 7.71. The Labute approximate surface area is 96.2 Å². The molecule has 1 saturated heterocycles. The first-order valence-corrected chi connectivity index (χ1v) is 6.56. The van der Waals surface area contributed by atoms with E-state index in [1.807, 2.05) is 0 Å². The Morgan fingerprint density at radius 3 is 2.44 bits per heavy atom. The lowest BCUT2D eigenvalue weighted by Gasteiger charge is -2.30. The van der Waals surface area contributed by atoms with Crippen LogP contribution in [0.25, 0.3) is 0 Å². The van der Waals surface area contributed by atoms with Crippen LogP contribution in [-0.4, -0.2) is 23.3 Å². The average molecular weight is 221 g/mol. The summed E-state index contributed by atoms with van der Waals surface area (Å²) in [6.07, 6.45) is 8.25. The Morgan fingerprint density at radius 2 is 1.81 bits per heavy atom. The van der Waals surface area contributed by atoms with Gasteiger partial charge in [0.15, 0.2) is 0 Å². The third-order valence-corrected chi connectivity index (χ3v) is 4.44. The second-order valence-corrected chi connectivity index (χ2v) is 5.77. The maximum Gasteiger partial charge on any atom is 0.235 e. The van der Waals surface area contributed by atoms with Crippen LogP contribution in [0.3, 0.4) is 0 Å². The molecule has 3 aliphatic rings. The molecule has 1 heterocycles.